The van der Waals surface area contributed by atoms with Gasteiger partial charge in [0.25, 0.3) is 0 Å². The summed E-state index contributed by atoms with van der Waals surface area (Å²) in [4.78, 5) is 0. The summed E-state index contributed by atoms with van der Waals surface area (Å²) in [5, 5.41) is 1.84. The van der Waals surface area contributed by atoms with Crippen LogP contribution in [0.2, 0.25) is 0 Å². The highest BCUT2D eigenvalue weighted by Gasteiger charge is 2.32. The summed E-state index contributed by atoms with van der Waals surface area (Å²) in [5.74, 6) is 3.12. The van der Waals surface area contributed by atoms with Crippen LogP contribution in [0.5, 0.6) is 0 Å². The average Bonchev–Trinajstić information content (AvgIpc) is 1.81. The highest BCUT2D eigenvalue weighted by molar-refractivity contribution is 7.79. The van der Waals surface area contributed by atoms with Gasteiger partial charge in [-0.1, -0.05) is 26.1 Å². The van der Waals surface area contributed by atoms with E-state index in [2.05, 4.69) is 13.8 Å². The molecule has 0 nitrogen and oxygen atoms in total. The normalized spacial score (nSPS) is 38.8. The summed E-state index contributed by atoms with van der Waals surface area (Å²) < 4.78 is 0. The van der Waals surface area contributed by atoms with Crippen molar-refractivity contribution in [2.45, 2.75) is 20.3 Å². The summed E-state index contributed by atoms with van der Waals surface area (Å²) in [5.41, 5.74) is 0. The molecule has 0 saturated heterocycles. The molecular weight excluding hydrogens is 116 g/mol. The van der Waals surface area contributed by atoms with E-state index in [9.17, 15) is 0 Å². The molecule has 1 aliphatic carbocycles. The average molecular weight is 127 g/mol. The number of rotatable bonds is 1. The van der Waals surface area contributed by atoms with Gasteiger partial charge in [0, 0.05) is 5.92 Å². The topological polar surface area (TPSA) is 0 Å². The van der Waals surface area contributed by atoms with Crippen LogP contribution in [0.1, 0.15) is 20.3 Å². The van der Waals surface area contributed by atoms with Crippen molar-refractivity contribution in [2.75, 3.05) is 0 Å². The maximum absolute atomic E-state index is 4.79. The van der Waals surface area contributed by atoms with Crippen molar-refractivity contribution < 1.29 is 0 Å². The minimum absolute atomic E-state index is 0.771. The van der Waals surface area contributed by atoms with Crippen molar-refractivity contribution >= 4 is 17.6 Å². The minimum Gasteiger partial charge on any atom is -0.0928 e. The fourth-order valence-corrected chi connectivity index (χ4v) is 1.41. The molecule has 1 saturated carbocycles. The molecular formula is C7H11S. The van der Waals surface area contributed by atoms with E-state index in [-0.39, 0.29) is 0 Å². The molecule has 0 aromatic carbocycles. The van der Waals surface area contributed by atoms with E-state index in [0.29, 0.717) is 0 Å². The lowest BCUT2D eigenvalue weighted by Crippen LogP contribution is -2.30. The molecule has 1 fully saturated rings. The van der Waals surface area contributed by atoms with Crippen LogP contribution in [-0.4, -0.2) is 5.37 Å². The van der Waals surface area contributed by atoms with E-state index < -0.39 is 0 Å². The second-order valence-corrected chi connectivity index (χ2v) is 2.90. The van der Waals surface area contributed by atoms with Gasteiger partial charge in [0.05, 0.1) is 0 Å². The van der Waals surface area contributed by atoms with Gasteiger partial charge in [0.1, 0.15) is 0 Å². The molecule has 0 bridgehead atoms. The predicted molar refractivity (Wildman–Crippen MR) is 39.8 cm³/mol. The molecule has 0 heterocycles. The Hall–Kier alpha value is 0.0900. The Balaban J connectivity index is 2.35. The molecule has 1 radical (unpaired) electrons. The second-order valence-electron chi connectivity index (χ2n) is 2.66. The summed E-state index contributed by atoms with van der Waals surface area (Å²) >= 11 is 4.79. The van der Waals surface area contributed by atoms with Crippen LogP contribution in [0, 0.1) is 17.8 Å². The predicted octanol–water partition coefficient (Wildman–Crippen LogP) is 2.24. The Bertz CT molecular complexity index is 98.6. The minimum atomic E-state index is 0.771. The fraction of sp³-hybridized carbons (Fsp3) is 0.714. The van der Waals surface area contributed by atoms with Crippen LogP contribution in [0.4, 0.5) is 0 Å². The number of thiocarbonyl (C=S) groups is 1. The summed E-state index contributed by atoms with van der Waals surface area (Å²) in [6.07, 6.45) is 1.24. The van der Waals surface area contributed by atoms with E-state index in [1.807, 2.05) is 5.37 Å². The van der Waals surface area contributed by atoms with E-state index >= 15 is 0 Å². The molecule has 1 aliphatic rings. The Labute approximate surface area is 56.3 Å². The van der Waals surface area contributed by atoms with E-state index in [1.165, 1.54) is 12.3 Å². The van der Waals surface area contributed by atoms with Gasteiger partial charge in [-0.3, -0.25) is 0 Å². The number of hydrogen-bond donors (Lipinski definition) is 0. The lowest BCUT2D eigenvalue weighted by atomic mass is 9.68. The fourth-order valence-electron chi connectivity index (χ4n) is 1.09. The maximum Gasteiger partial charge on any atom is 0.0119 e. The summed E-state index contributed by atoms with van der Waals surface area (Å²) in [7, 11) is 0. The first-order valence-electron chi connectivity index (χ1n) is 3.06. The molecule has 0 aliphatic heterocycles. The Morgan fingerprint density at radius 1 is 1.62 bits per heavy atom. The molecule has 0 spiro atoms. The first kappa shape index (κ1) is 6.21. The Morgan fingerprint density at radius 3 is 2.38 bits per heavy atom. The second kappa shape index (κ2) is 2.14. The molecule has 1 heteroatoms. The first-order valence-corrected chi connectivity index (χ1v) is 3.53. The first-order chi connectivity index (χ1) is 3.75. The Morgan fingerprint density at radius 2 is 2.25 bits per heavy atom. The van der Waals surface area contributed by atoms with Crippen molar-refractivity contribution in [3.05, 3.63) is 5.92 Å². The molecule has 0 N–H and O–H groups in total. The van der Waals surface area contributed by atoms with Gasteiger partial charge < -0.3 is 0 Å². The molecule has 1 rings (SSSR count). The van der Waals surface area contributed by atoms with Crippen molar-refractivity contribution in [3.63, 3.8) is 0 Å². The zero-order valence-electron chi connectivity index (χ0n) is 5.35. The zero-order valence-corrected chi connectivity index (χ0v) is 6.16. The summed E-state index contributed by atoms with van der Waals surface area (Å²) in [6.45, 7) is 4.51. The molecule has 2 atom stereocenters. The van der Waals surface area contributed by atoms with Gasteiger partial charge in [-0.25, -0.2) is 0 Å². The summed E-state index contributed by atoms with van der Waals surface area (Å²) in [6, 6.07) is 0. The zero-order chi connectivity index (χ0) is 6.15. The third-order valence-electron chi connectivity index (χ3n) is 2.15. The molecule has 0 aromatic heterocycles. The molecule has 0 aromatic rings. The van der Waals surface area contributed by atoms with Gasteiger partial charge in [0.15, 0.2) is 0 Å². The maximum atomic E-state index is 4.79. The highest BCUT2D eigenvalue weighted by Crippen LogP contribution is 2.39. The monoisotopic (exact) mass is 127 g/mol. The van der Waals surface area contributed by atoms with Crippen LogP contribution >= 0.6 is 12.2 Å². The number of hydrogen-bond acceptors (Lipinski definition) is 1. The van der Waals surface area contributed by atoms with E-state index in [0.717, 1.165) is 11.8 Å². The van der Waals surface area contributed by atoms with Gasteiger partial charge in [-0.05, 0) is 23.6 Å². The van der Waals surface area contributed by atoms with Crippen LogP contribution in [0.3, 0.4) is 0 Å². The van der Waals surface area contributed by atoms with Crippen LogP contribution in [0.15, 0.2) is 0 Å². The SMILES string of the molecule is CC1C[C](C=S)C1C. The standard InChI is InChI=1S/C7H11S/c1-5-3-7(4-8)6(5)2/h4-6H,3H2,1-2H3. The van der Waals surface area contributed by atoms with E-state index in [1.54, 1.807) is 0 Å². The van der Waals surface area contributed by atoms with Crippen molar-refractivity contribution in [3.8, 4) is 0 Å². The van der Waals surface area contributed by atoms with Gasteiger partial charge >= 0.3 is 0 Å². The molecule has 45 valence electrons. The lowest BCUT2D eigenvalue weighted by molar-refractivity contribution is 0.293. The van der Waals surface area contributed by atoms with Crippen LogP contribution in [-0.2, 0) is 0 Å². The van der Waals surface area contributed by atoms with E-state index in [4.69, 9.17) is 12.2 Å². The highest BCUT2D eigenvalue weighted by atomic mass is 32.1. The van der Waals surface area contributed by atoms with Crippen LogP contribution in [0.25, 0.3) is 0 Å². The quantitative estimate of drug-likeness (QED) is 0.487. The van der Waals surface area contributed by atoms with Gasteiger partial charge in [-0.2, -0.15) is 0 Å². The van der Waals surface area contributed by atoms with Crippen LogP contribution < -0.4 is 0 Å². The molecule has 0 amide bonds. The molecule has 2 unspecified atom stereocenters. The van der Waals surface area contributed by atoms with Gasteiger partial charge in [-0.15, -0.1) is 0 Å². The molecule has 8 heavy (non-hydrogen) atoms. The Kier molecular flexibility index (Phi) is 1.66. The lowest BCUT2D eigenvalue weighted by Gasteiger charge is -2.37. The van der Waals surface area contributed by atoms with Crippen molar-refractivity contribution in [1.29, 1.82) is 0 Å². The smallest absolute Gasteiger partial charge is 0.0119 e. The van der Waals surface area contributed by atoms with Crippen molar-refractivity contribution in [1.82, 2.24) is 0 Å². The van der Waals surface area contributed by atoms with Crippen molar-refractivity contribution in [2.24, 2.45) is 11.8 Å². The third-order valence-corrected chi connectivity index (χ3v) is 2.45. The third kappa shape index (κ3) is 0.795. The largest absolute Gasteiger partial charge is 0.0928 e. The van der Waals surface area contributed by atoms with Gasteiger partial charge in [0.2, 0.25) is 0 Å².